The van der Waals surface area contributed by atoms with Crippen LogP contribution in [-0.2, 0) is 9.53 Å². The molecule has 0 N–H and O–H groups in total. The van der Waals surface area contributed by atoms with Gasteiger partial charge in [0.15, 0.2) is 11.7 Å². The van der Waals surface area contributed by atoms with Crippen LogP contribution in [0.5, 0.6) is 5.75 Å². The lowest BCUT2D eigenvalue weighted by molar-refractivity contribution is -0.119. The van der Waals surface area contributed by atoms with Crippen molar-refractivity contribution in [3.8, 4) is 5.75 Å². The third kappa shape index (κ3) is 5.90. The Morgan fingerprint density at radius 3 is 2.44 bits per heavy atom. The minimum atomic E-state index is -1.10. The number of aromatic nitrogens is 3. The van der Waals surface area contributed by atoms with Crippen LogP contribution in [0, 0.1) is 13.8 Å². The number of nitrogens with zero attached hydrogens (tertiary/aromatic N) is 5. The van der Waals surface area contributed by atoms with Crippen molar-refractivity contribution in [3.63, 3.8) is 0 Å². The van der Waals surface area contributed by atoms with Gasteiger partial charge in [-0.3, -0.25) is 4.79 Å². The Kier molecular flexibility index (Phi) is 8.11. The molecular formula is C27H26Cl3N5O4. The van der Waals surface area contributed by atoms with Crippen LogP contribution in [0.25, 0.3) is 0 Å². The Hall–Kier alpha value is -3.14. The summed E-state index contributed by atoms with van der Waals surface area (Å²) in [6.45, 7) is 3.54. The molecule has 1 unspecified atom stereocenters. The number of hydrogen-bond donors (Lipinski definition) is 0. The average molecular weight is 591 g/mol. The highest BCUT2D eigenvalue weighted by atomic mass is 35.5. The summed E-state index contributed by atoms with van der Waals surface area (Å²) in [5.41, 5.74) is 1.87. The van der Waals surface area contributed by atoms with Crippen molar-refractivity contribution >= 4 is 58.1 Å². The Morgan fingerprint density at radius 2 is 1.74 bits per heavy atom. The van der Waals surface area contributed by atoms with E-state index in [0.717, 1.165) is 42.7 Å². The summed E-state index contributed by atoms with van der Waals surface area (Å²) in [6.07, 6.45) is 4.68. The molecule has 1 atom stereocenters. The van der Waals surface area contributed by atoms with E-state index in [1.165, 1.54) is 16.9 Å². The van der Waals surface area contributed by atoms with E-state index in [1.807, 2.05) is 25.1 Å². The van der Waals surface area contributed by atoms with Gasteiger partial charge in [0.25, 0.3) is 5.91 Å². The molecule has 0 bridgehead atoms. The first-order chi connectivity index (χ1) is 18.7. The number of aryl methyl sites for hydroxylation is 2. The number of anilines is 1. The van der Waals surface area contributed by atoms with Crippen molar-refractivity contribution in [2.75, 3.05) is 11.6 Å². The van der Waals surface area contributed by atoms with Gasteiger partial charge >= 0.3 is 5.97 Å². The van der Waals surface area contributed by atoms with Crippen LogP contribution in [0.15, 0.2) is 41.5 Å². The molecule has 3 aromatic rings. The van der Waals surface area contributed by atoms with Gasteiger partial charge in [-0.05, 0) is 69.4 Å². The summed E-state index contributed by atoms with van der Waals surface area (Å²) in [5, 5.41) is 15.0. The molecule has 2 aromatic carbocycles. The van der Waals surface area contributed by atoms with Crippen LogP contribution in [-0.4, -0.2) is 45.3 Å². The zero-order valence-electron chi connectivity index (χ0n) is 21.4. The maximum Gasteiger partial charge on any atom is 0.361 e. The summed E-state index contributed by atoms with van der Waals surface area (Å²) >= 11 is 18.9. The number of ether oxygens (including phenoxy) is 2. The number of carbonyl (C=O) groups excluding carboxylic acids is 2. The molecule has 9 nitrogen and oxygen atoms in total. The highest BCUT2D eigenvalue weighted by Gasteiger charge is 2.42. The van der Waals surface area contributed by atoms with E-state index < -0.39 is 17.9 Å². The van der Waals surface area contributed by atoms with Gasteiger partial charge in [-0.25, -0.2) is 4.79 Å². The van der Waals surface area contributed by atoms with Gasteiger partial charge in [-0.15, -0.1) is 5.10 Å². The second kappa shape index (κ2) is 11.5. The predicted octanol–water partition coefficient (Wildman–Crippen LogP) is 6.37. The molecule has 1 aliphatic carbocycles. The number of amides is 1. The predicted molar refractivity (Wildman–Crippen MR) is 149 cm³/mol. The maximum atomic E-state index is 13.8. The molecule has 204 valence electrons. The third-order valence-electron chi connectivity index (χ3n) is 6.60. The smallest absolute Gasteiger partial charge is 0.361 e. The third-order valence-corrected chi connectivity index (χ3v) is 7.40. The number of hydrazone groups is 1. The summed E-state index contributed by atoms with van der Waals surface area (Å²) in [6, 6.07) is 9.33. The van der Waals surface area contributed by atoms with E-state index in [9.17, 15) is 9.59 Å². The topological polar surface area (TPSA) is 98.9 Å². The van der Waals surface area contributed by atoms with E-state index in [0.29, 0.717) is 22.2 Å². The highest BCUT2D eigenvalue weighted by molar-refractivity contribution is 6.42. The van der Waals surface area contributed by atoms with Gasteiger partial charge < -0.3 is 9.47 Å². The molecule has 2 aliphatic rings. The monoisotopic (exact) mass is 589 g/mol. The molecular weight excluding hydrogens is 565 g/mol. The number of halogens is 3. The SMILES string of the molecule is Cc1cccc(OCC2=NN(c3c(Cl)cc(Cl)cc3Cl)C(=O)C2n2nc(C)c(C(=O)OC3CCCCC3)n2)c1. The lowest BCUT2D eigenvalue weighted by Crippen LogP contribution is -2.33. The van der Waals surface area contributed by atoms with Crippen LogP contribution >= 0.6 is 34.8 Å². The van der Waals surface area contributed by atoms with Gasteiger partial charge in [-0.2, -0.15) is 20.0 Å². The second-order valence-corrected chi connectivity index (χ2v) is 10.8. The molecule has 0 spiro atoms. The molecule has 1 aromatic heterocycles. The van der Waals surface area contributed by atoms with Gasteiger partial charge in [-0.1, -0.05) is 53.4 Å². The molecule has 1 saturated carbocycles. The Morgan fingerprint density at radius 1 is 1.03 bits per heavy atom. The zero-order valence-corrected chi connectivity index (χ0v) is 23.6. The van der Waals surface area contributed by atoms with Crippen molar-refractivity contribution in [3.05, 3.63) is 68.4 Å². The number of rotatable bonds is 7. The van der Waals surface area contributed by atoms with Crippen LogP contribution < -0.4 is 9.75 Å². The Balaban J connectivity index is 1.46. The molecule has 0 saturated heterocycles. The minimum Gasteiger partial charge on any atom is -0.487 e. The maximum absolute atomic E-state index is 13.8. The minimum absolute atomic E-state index is 0.0494. The van der Waals surface area contributed by atoms with Crippen LogP contribution in [0.1, 0.15) is 59.9 Å². The van der Waals surface area contributed by atoms with Crippen molar-refractivity contribution < 1.29 is 19.1 Å². The quantitative estimate of drug-likeness (QED) is 0.297. The first kappa shape index (κ1) is 27.4. The normalized spacial score (nSPS) is 17.9. The number of esters is 1. The van der Waals surface area contributed by atoms with Crippen LogP contribution in [0.2, 0.25) is 15.1 Å². The number of carbonyl (C=O) groups is 2. The fraction of sp³-hybridized carbons (Fsp3) is 0.370. The van der Waals surface area contributed by atoms with Gasteiger partial charge in [0.1, 0.15) is 29.9 Å². The van der Waals surface area contributed by atoms with Gasteiger partial charge in [0.2, 0.25) is 0 Å². The second-order valence-electron chi connectivity index (χ2n) is 9.59. The van der Waals surface area contributed by atoms with Gasteiger partial charge in [0.05, 0.1) is 15.7 Å². The van der Waals surface area contributed by atoms with E-state index in [1.54, 1.807) is 13.0 Å². The Bertz CT molecular complexity index is 1430. The fourth-order valence-electron chi connectivity index (χ4n) is 4.68. The van der Waals surface area contributed by atoms with Gasteiger partial charge in [0, 0.05) is 5.02 Å². The number of benzene rings is 2. The molecule has 1 fully saturated rings. The van der Waals surface area contributed by atoms with Crippen molar-refractivity contribution in [2.24, 2.45) is 5.10 Å². The largest absolute Gasteiger partial charge is 0.487 e. The van der Waals surface area contributed by atoms with E-state index in [2.05, 4.69) is 15.3 Å². The van der Waals surface area contributed by atoms with E-state index in [4.69, 9.17) is 44.3 Å². The molecule has 1 aliphatic heterocycles. The summed E-state index contributed by atoms with van der Waals surface area (Å²) in [4.78, 5) is 27.9. The number of hydrogen-bond acceptors (Lipinski definition) is 7. The van der Waals surface area contributed by atoms with Crippen LogP contribution in [0.4, 0.5) is 5.69 Å². The van der Waals surface area contributed by atoms with Crippen molar-refractivity contribution in [1.82, 2.24) is 15.0 Å². The fourth-order valence-corrected chi connectivity index (χ4v) is 5.66. The summed E-state index contributed by atoms with van der Waals surface area (Å²) in [7, 11) is 0. The molecule has 5 rings (SSSR count). The van der Waals surface area contributed by atoms with Crippen molar-refractivity contribution in [2.45, 2.75) is 58.1 Å². The lowest BCUT2D eigenvalue weighted by Gasteiger charge is -2.21. The molecule has 1 amide bonds. The highest BCUT2D eigenvalue weighted by Crippen LogP contribution is 2.40. The standard InChI is InChI=1S/C27H26Cl3N5O4/c1-15-7-6-10-19(11-15)38-14-22-25(26(36)34(32-22)24-20(29)12-17(28)13-21(24)30)35-31-16(2)23(33-35)27(37)39-18-8-4-3-5-9-18/h6-7,10-13,18,25H,3-5,8-9,14H2,1-2H3. The van der Waals surface area contributed by atoms with E-state index in [-0.39, 0.29) is 34.1 Å². The molecule has 0 radical (unpaired) electrons. The van der Waals surface area contributed by atoms with Crippen LogP contribution in [0.3, 0.4) is 0 Å². The lowest BCUT2D eigenvalue weighted by atomic mass is 9.98. The molecule has 39 heavy (non-hydrogen) atoms. The first-order valence-corrected chi connectivity index (χ1v) is 13.7. The summed E-state index contributed by atoms with van der Waals surface area (Å²) in [5.74, 6) is -0.483. The molecule has 12 heteroatoms. The van der Waals surface area contributed by atoms with E-state index >= 15 is 0 Å². The Labute approximate surface area is 240 Å². The van der Waals surface area contributed by atoms with Crippen molar-refractivity contribution in [1.29, 1.82) is 0 Å². The first-order valence-electron chi connectivity index (χ1n) is 12.6. The average Bonchev–Trinajstić information content (AvgIpc) is 3.42. The summed E-state index contributed by atoms with van der Waals surface area (Å²) < 4.78 is 11.6. The molecule has 2 heterocycles. The zero-order chi connectivity index (χ0) is 27.7.